The molecule has 0 fully saturated rings. The third kappa shape index (κ3) is 3.96. The molecule has 0 aliphatic carbocycles. The van der Waals surface area contributed by atoms with Crippen molar-refractivity contribution in [3.05, 3.63) is 119 Å². The zero-order valence-electron chi connectivity index (χ0n) is 17.9. The van der Waals surface area contributed by atoms with Crippen LogP contribution in [-0.4, -0.2) is 26.8 Å². The number of nitrogens with one attached hydrogen (secondary N) is 1. The smallest absolute Gasteiger partial charge is 0.281 e. The first-order chi connectivity index (χ1) is 15.5. The van der Waals surface area contributed by atoms with E-state index < -0.39 is 11.5 Å². The number of pyridine rings is 1. The van der Waals surface area contributed by atoms with E-state index in [1.54, 1.807) is 60.9 Å². The van der Waals surface area contributed by atoms with Crippen LogP contribution in [0.4, 0.5) is 0 Å². The molecule has 0 aliphatic heterocycles. The van der Waals surface area contributed by atoms with Gasteiger partial charge in [0, 0.05) is 23.1 Å². The monoisotopic (exact) mass is 424 g/mol. The molecule has 4 rings (SSSR count). The Bertz CT molecular complexity index is 1190. The average molecular weight is 425 g/mol. The SMILES string of the molecule is Cc1cc(/C=N\NC(=O)C(O)(c2ccccc2)c2ccccc2)c(C)n1-c1ccccn1. The van der Waals surface area contributed by atoms with Crippen LogP contribution in [0.2, 0.25) is 0 Å². The van der Waals surface area contributed by atoms with Gasteiger partial charge in [-0.2, -0.15) is 5.10 Å². The molecule has 160 valence electrons. The number of aromatic nitrogens is 2. The minimum atomic E-state index is -1.87. The lowest BCUT2D eigenvalue weighted by Crippen LogP contribution is -2.43. The van der Waals surface area contributed by atoms with E-state index in [0.29, 0.717) is 11.1 Å². The molecule has 1 amide bonds. The number of benzene rings is 2. The second-order valence-corrected chi connectivity index (χ2v) is 7.49. The summed E-state index contributed by atoms with van der Waals surface area (Å²) in [6, 6.07) is 25.4. The molecular formula is C26H24N4O2. The number of nitrogens with zero attached hydrogens (tertiary/aromatic N) is 3. The van der Waals surface area contributed by atoms with Crippen LogP contribution in [0.5, 0.6) is 0 Å². The number of hydrogen-bond acceptors (Lipinski definition) is 4. The standard InChI is InChI=1S/C26H24N4O2/c1-19-17-21(20(2)30(19)24-15-9-10-16-27-24)18-28-29-25(31)26(32,22-11-5-3-6-12-22)23-13-7-4-8-14-23/h3-18,32H,1-2H3,(H,29,31)/b28-18-. The van der Waals surface area contributed by atoms with Crippen molar-refractivity contribution in [1.82, 2.24) is 15.0 Å². The Hall–Kier alpha value is -4.03. The van der Waals surface area contributed by atoms with Gasteiger partial charge in [0.15, 0.2) is 5.60 Å². The zero-order chi connectivity index (χ0) is 22.6. The van der Waals surface area contributed by atoms with E-state index in [1.807, 2.05) is 54.8 Å². The number of aliphatic hydroxyl groups is 1. The number of carbonyl (C=O) groups is 1. The van der Waals surface area contributed by atoms with Crippen LogP contribution in [0.1, 0.15) is 28.1 Å². The number of amides is 1. The van der Waals surface area contributed by atoms with Gasteiger partial charge in [0.05, 0.1) is 6.21 Å². The number of carbonyl (C=O) groups excluding carboxylic acids is 1. The van der Waals surface area contributed by atoms with Crippen LogP contribution < -0.4 is 5.43 Å². The first kappa shape index (κ1) is 21.2. The van der Waals surface area contributed by atoms with E-state index in [2.05, 4.69) is 15.5 Å². The van der Waals surface area contributed by atoms with Crippen molar-refractivity contribution in [2.45, 2.75) is 19.4 Å². The van der Waals surface area contributed by atoms with Crippen LogP contribution in [-0.2, 0) is 10.4 Å². The summed E-state index contributed by atoms with van der Waals surface area (Å²) in [7, 11) is 0. The van der Waals surface area contributed by atoms with Crippen LogP contribution >= 0.6 is 0 Å². The molecule has 2 N–H and O–H groups in total. The normalized spacial score (nSPS) is 11.6. The molecule has 6 nitrogen and oxygen atoms in total. The molecule has 0 saturated heterocycles. The molecular weight excluding hydrogens is 400 g/mol. The largest absolute Gasteiger partial charge is 0.372 e. The highest BCUT2D eigenvalue weighted by Crippen LogP contribution is 2.29. The number of hydrogen-bond donors (Lipinski definition) is 2. The van der Waals surface area contributed by atoms with Gasteiger partial charge in [-0.05, 0) is 43.2 Å². The summed E-state index contributed by atoms with van der Waals surface area (Å²) in [6.45, 7) is 3.95. The first-order valence-corrected chi connectivity index (χ1v) is 10.3. The van der Waals surface area contributed by atoms with E-state index in [9.17, 15) is 9.90 Å². The molecule has 0 spiro atoms. The molecule has 2 heterocycles. The highest BCUT2D eigenvalue weighted by atomic mass is 16.3. The number of aryl methyl sites for hydroxylation is 1. The Morgan fingerprint density at radius 1 is 0.969 bits per heavy atom. The van der Waals surface area contributed by atoms with Crippen LogP contribution in [0.15, 0.2) is 96.2 Å². The summed E-state index contributed by atoms with van der Waals surface area (Å²) in [5.74, 6) is 0.179. The Morgan fingerprint density at radius 2 is 1.56 bits per heavy atom. The van der Waals surface area contributed by atoms with E-state index in [0.717, 1.165) is 22.8 Å². The molecule has 2 aromatic carbocycles. The van der Waals surface area contributed by atoms with E-state index >= 15 is 0 Å². The third-order valence-corrected chi connectivity index (χ3v) is 5.43. The Labute approximate surface area is 186 Å². The highest BCUT2D eigenvalue weighted by Gasteiger charge is 2.39. The summed E-state index contributed by atoms with van der Waals surface area (Å²) >= 11 is 0. The fourth-order valence-electron chi connectivity index (χ4n) is 3.79. The Balaban J connectivity index is 1.61. The lowest BCUT2D eigenvalue weighted by atomic mass is 9.85. The van der Waals surface area contributed by atoms with Crippen LogP contribution in [0, 0.1) is 13.8 Å². The maximum Gasteiger partial charge on any atom is 0.281 e. The fraction of sp³-hybridized carbons (Fsp3) is 0.115. The van der Waals surface area contributed by atoms with Crippen molar-refractivity contribution in [2.75, 3.05) is 0 Å². The van der Waals surface area contributed by atoms with E-state index in [4.69, 9.17) is 0 Å². The van der Waals surface area contributed by atoms with Crippen LogP contribution in [0.25, 0.3) is 5.82 Å². The topological polar surface area (TPSA) is 79.5 Å². The van der Waals surface area contributed by atoms with Crippen molar-refractivity contribution >= 4 is 12.1 Å². The predicted octanol–water partition coefficient (Wildman–Crippen LogP) is 3.88. The Kier molecular flexibility index (Phi) is 5.96. The summed E-state index contributed by atoms with van der Waals surface area (Å²) < 4.78 is 2.02. The maximum absolute atomic E-state index is 13.1. The molecule has 0 atom stereocenters. The van der Waals surface area contributed by atoms with Crippen molar-refractivity contribution in [3.8, 4) is 5.82 Å². The van der Waals surface area contributed by atoms with Gasteiger partial charge >= 0.3 is 0 Å². The van der Waals surface area contributed by atoms with Gasteiger partial charge in [-0.1, -0.05) is 66.7 Å². The highest BCUT2D eigenvalue weighted by molar-refractivity contribution is 5.91. The molecule has 32 heavy (non-hydrogen) atoms. The van der Waals surface area contributed by atoms with Crippen molar-refractivity contribution in [3.63, 3.8) is 0 Å². The van der Waals surface area contributed by atoms with Gasteiger partial charge in [0.1, 0.15) is 5.82 Å². The lowest BCUT2D eigenvalue weighted by molar-refractivity contribution is -0.136. The molecule has 6 heteroatoms. The van der Waals surface area contributed by atoms with Gasteiger partial charge in [0.2, 0.25) is 0 Å². The Morgan fingerprint density at radius 3 is 2.12 bits per heavy atom. The quantitative estimate of drug-likeness (QED) is 0.364. The summed E-state index contributed by atoms with van der Waals surface area (Å²) in [5, 5.41) is 15.6. The van der Waals surface area contributed by atoms with Crippen molar-refractivity contribution in [1.29, 1.82) is 0 Å². The van der Waals surface area contributed by atoms with Gasteiger partial charge in [-0.3, -0.25) is 4.79 Å². The van der Waals surface area contributed by atoms with Gasteiger partial charge < -0.3 is 9.67 Å². The lowest BCUT2D eigenvalue weighted by Gasteiger charge is -2.27. The second-order valence-electron chi connectivity index (χ2n) is 7.49. The number of rotatable bonds is 6. The van der Waals surface area contributed by atoms with E-state index in [-0.39, 0.29) is 0 Å². The van der Waals surface area contributed by atoms with Gasteiger partial charge in [-0.15, -0.1) is 0 Å². The van der Waals surface area contributed by atoms with Crippen molar-refractivity contribution < 1.29 is 9.90 Å². The molecule has 4 aromatic rings. The first-order valence-electron chi connectivity index (χ1n) is 10.3. The summed E-state index contributed by atoms with van der Waals surface area (Å²) in [4.78, 5) is 17.6. The maximum atomic E-state index is 13.1. The zero-order valence-corrected chi connectivity index (χ0v) is 17.9. The third-order valence-electron chi connectivity index (χ3n) is 5.43. The number of hydrazone groups is 1. The fourth-order valence-corrected chi connectivity index (χ4v) is 3.79. The van der Waals surface area contributed by atoms with Gasteiger partial charge in [0.25, 0.3) is 5.91 Å². The molecule has 0 aliphatic rings. The predicted molar refractivity (Wildman–Crippen MR) is 125 cm³/mol. The minimum Gasteiger partial charge on any atom is -0.372 e. The molecule has 2 aromatic heterocycles. The summed E-state index contributed by atoms with van der Waals surface area (Å²) in [6.07, 6.45) is 3.33. The minimum absolute atomic E-state index is 0.465. The van der Waals surface area contributed by atoms with Crippen molar-refractivity contribution in [2.24, 2.45) is 5.10 Å². The van der Waals surface area contributed by atoms with Gasteiger partial charge in [-0.25, -0.2) is 10.4 Å². The molecule has 0 saturated carbocycles. The molecule has 0 bridgehead atoms. The van der Waals surface area contributed by atoms with E-state index in [1.165, 1.54) is 0 Å². The second kappa shape index (κ2) is 8.99. The molecule has 0 radical (unpaired) electrons. The average Bonchev–Trinajstić information content (AvgIpc) is 3.12. The molecule has 0 unspecified atom stereocenters. The van der Waals surface area contributed by atoms with Crippen LogP contribution in [0.3, 0.4) is 0 Å². The summed E-state index contributed by atoms with van der Waals surface area (Å²) in [5.41, 5.74) is 4.37.